The Bertz CT molecular complexity index is 3050. The summed E-state index contributed by atoms with van der Waals surface area (Å²) in [5.74, 6) is -3.72. The number of rotatable bonds is 15. The van der Waals surface area contributed by atoms with Crippen LogP contribution in [-0.2, 0) is 14.4 Å². The highest BCUT2D eigenvalue weighted by Gasteiger charge is 2.40. The monoisotopic (exact) mass is 1280 g/mol. The van der Waals surface area contributed by atoms with Crippen LogP contribution in [0.3, 0.4) is 0 Å². The molecule has 0 aromatic heterocycles. The van der Waals surface area contributed by atoms with Crippen LogP contribution in [0.2, 0.25) is 0 Å². The molecule has 0 saturated carbocycles. The van der Waals surface area contributed by atoms with Gasteiger partial charge in [0.2, 0.25) is 17.7 Å². The van der Waals surface area contributed by atoms with Gasteiger partial charge in [-0.05, 0) is 191 Å². The molecule has 0 heterocycles. The Balaban J connectivity index is 1.58. The number of benzene rings is 7. The normalized spacial score (nSPS) is 12.8. The van der Waals surface area contributed by atoms with Gasteiger partial charge in [-0.1, -0.05) is 137 Å². The highest BCUT2D eigenvalue weighted by molar-refractivity contribution is 9.11. The van der Waals surface area contributed by atoms with E-state index in [0.29, 0.717) is 33.8 Å². The van der Waals surface area contributed by atoms with Crippen LogP contribution in [0.15, 0.2) is 177 Å². The van der Waals surface area contributed by atoms with Crippen LogP contribution in [0, 0.1) is 20.8 Å². The molecule has 0 spiro atoms. The van der Waals surface area contributed by atoms with Gasteiger partial charge >= 0.3 is 0 Å². The summed E-state index contributed by atoms with van der Waals surface area (Å²) < 4.78 is 2.24. The smallest absolute Gasteiger partial charge is 0.259 e. The van der Waals surface area contributed by atoms with Crippen LogP contribution in [0.25, 0.3) is 0 Å². The van der Waals surface area contributed by atoms with Crippen molar-refractivity contribution in [2.45, 2.75) is 118 Å². The van der Waals surface area contributed by atoms with E-state index in [4.69, 9.17) is 0 Å². The lowest BCUT2D eigenvalue weighted by Crippen LogP contribution is -2.50. The van der Waals surface area contributed by atoms with Crippen LogP contribution in [0.5, 0.6) is 0 Å². The Hall–Kier alpha value is -7.20. The van der Waals surface area contributed by atoms with E-state index in [9.17, 15) is 0 Å². The van der Waals surface area contributed by atoms with Crippen molar-refractivity contribution < 1.29 is 28.8 Å². The summed E-state index contributed by atoms with van der Waals surface area (Å²) in [7, 11) is 0. The van der Waals surface area contributed by atoms with Gasteiger partial charge in [0.1, 0.15) is 18.1 Å². The third kappa shape index (κ3) is 15.8. The van der Waals surface area contributed by atoms with Gasteiger partial charge in [-0.15, -0.1) is 0 Å². The van der Waals surface area contributed by atoms with E-state index in [1.165, 1.54) is 32.9 Å². The van der Waals surface area contributed by atoms with E-state index in [2.05, 4.69) is 63.7 Å². The number of hydrogen-bond donors (Lipinski definition) is 3. The average molecular weight is 1280 g/mol. The maximum atomic E-state index is 16.3. The molecule has 0 fully saturated rings. The molecule has 420 valence electrons. The summed E-state index contributed by atoms with van der Waals surface area (Å²) in [4.78, 5) is 98.2. The molecule has 7 aromatic rings. The number of amides is 6. The molecular formula is C66H69Br3N6O6. The van der Waals surface area contributed by atoms with E-state index >= 15 is 28.8 Å². The lowest BCUT2D eigenvalue weighted by Gasteiger charge is -2.35. The van der Waals surface area contributed by atoms with E-state index < -0.39 is 70.2 Å². The Morgan fingerprint density at radius 2 is 0.531 bits per heavy atom. The molecule has 7 rings (SSSR count). The number of carbonyl (C=O) groups is 6. The van der Waals surface area contributed by atoms with Crippen molar-refractivity contribution in [2.75, 3.05) is 14.7 Å². The summed E-state index contributed by atoms with van der Waals surface area (Å²) in [6.45, 7) is 22.4. The number of carbonyl (C=O) groups excluding carboxylic acids is 6. The number of nitrogens with zero attached hydrogens (tertiary/aromatic N) is 3. The third-order valence-corrected chi connectivity index (χ3v) is 14.4. The topological polar surface area (TPSA) is 148 Å². The first-order valence-electron chi connectivity index (χ1n) is 26.6. The Kier molecular flexibility index (Phi) is 19.2. The zero-order valence-corrected chi connectivity index (χ0v) is 52.5. The quantitative estimate of drug-likeness (QED) is 0.0931. The lowest BCUT2D eigenvalue weighted by atomic mass is 9.96. The second-order valence-corrected chi connectivity index (χ2v) is 26.2. The first kappa shape index (κ1) is 61.4. The highest BCUT2D eigenvalue weighted by Crippen LogP contribution is 2.37. The SMILES string of the molecule is Cc1ccc(N(C(=O)c2cc(C(=O)N(c3ccc(C)cc3)[C@@H](C(=O)NC(C)(C)C)c3ccc(Br)cc3)cc(C(=O)N(c3ccc(C)cc3)[C@@H](C(=O)NC(C)(C)C)c3ccc(Br)cc3)c2)[C@@H](C(=O)NC(C)(C)C)c2ccc(Br)cc2)cc1. The van der Waals surface area contributed by atoms with Gasteiger partial charge in [0.05, 0.1) is 0 Å². The van der Waals surface area contributed by atoms with Crippen molar-refractivity contribution in [3.8, 4) is 0 Å². The number of anilines is 3. The molecule has 15 heteroatoms. The summed E-state index contributed by atoms with van der Waals surface area (Å²) in [5.41, 5.74) is 2.44. The molecule has 12 nitrogen and oxygen atoms in total. The molecule has 3 N–H and O–H groups in total. The minimum absolute atomic E-state index is 0.151. The summed E-state index contributed by atoms with van der Waals surface area (Å²) in [6.07, 6.45) is 0. The number of nitrogens with one attached hydrogen (secondary N) is 3. The zero-order chi connectivity index (χ0) is 59.3. The molecule has 81 heavy (non-hydrogen) atoms. The first-order chi connectivity index (χ1) is 38.0. The molecular weight excluding hydrogens is 1210 g/mol. The second-order valence-electron chi connectivity index (χ2n) is 23.4. The van der Waals surface area contributed by atoms with Gasteiger partial charge in [-0.2, -0.15) is 0 Å². The van der Waals surface area contributed by atoms with Crippen molar-refractivity contribution >= 4 is 100 Å². The Morgan fingerprint density at radius 3 is 0.716 bits per heavy atom. The molecule has 0 unspecified atom stereocenters. The average Bonchev–Trinajstić information content (AvgIpc) is 3.34. The number of halogens is 3. The summed E-state index contributed by atoms with van der Waals surface area (Å²) in [5, 5.41) is 9.31. The van der Waals surface area contributed by atoms with Crippen molar-refractivity contribution in [3.05, 3.63) is 227 Å². The van der Waals surface area contributed by atoms with Crippen molar-refractivity contribution in [1.82, 2.24) is 16.0 Å². The van der Waals surface area contributed by atoms with Gasteiger partial charge in [-0.3, -0.25) is 43.5 Å². The minimum Gasteiger partial charge on any atom is -0.349 e. The molecule has 7 aromatic carbocycles. The van der Waals surface area contributed by atoms with Crippen LogP contribution < -0.4 is 30.7 Å². The van der Waals surface area contributed by atoms with Gasteiger partial charge in [0.15, 0.2) is 0 Å². The van der Waals surface area contributed by atoms with Crippen molar-refractivity contribution in [1.29, 1.82) is 0 Å². The molecule has 6 amide bonds. The Morgan fingerprint density at radius 1 is 0.333 bits per heavy atom. The summed E-state index contributed by atoms with van der Waals surface area (Å²) in [6, 6.07) is 43.1. The van der Waals surface area contributed by atoms with E-state index in [1.54, 1.807) is 109 Å². The Labute approximate surface area is 501 Å². The van der Waals surface area contributed by atoms with E-state index in [-0.39, 0.29) is 16.7 Å². The first-order valence-corrected chi connectivity index (χ1v) is 28.9. The van der Waals surface area contributed by atoms with Gasteiger partial charge in [0, 0.05) is 63.8 Å². The van der Waals surface area contributed by atoms with Crippen LogP contribution in [0.4, 0.5) is 17.1 Å². The molecule has 0 aliphatic heterocycles. The standard InChI is InChI=1S/C66H69Br3N6O6/c1-40-13-31-52(32-14-40)73(55(58(76)70-64(4,5)6)43-19-25-49(67)26-20-43)61(79)46-37-47(62(80)74(53-33-15-41(2)16-34-53)56(59(77)71-65(7,8)9)44-21-27-50(68)28-22-44)39-48(38-46)63(81)75(54-35-17-42(3)18-36-54)57(60(78)72-66(10,11)12)45-23-29-51(69)30-24-45/h13-39,55-57H,1-12H3,(H,70,76)(H,71,77)(H,72,78)/t55-,56-,57-/m1/s1. The molecule has 3 atom stereocenters. The third-order valence-electron chi connectivity index (χ3n) is 12.8. The minimum atomic E-state index is -1.30. The van der Waals surface area contributed by atoms with Gasteiger partial charge < -0.3 is 16.0 Å². The summed E-state index contributed by atoms with van der Waals surface area (Å²) >= 11 is 10.6. The number of hydrogen-bond acceptors (Lipinski definition) is 6. The van der Waals surface area contributed by atoms with Crippen LogP contribution in [0.1, 0.15) is 145 Å². The maximum Gasteiger partial charge on any atom is 0.259 e. The van der Waals surface area contributed by atoms with Gasteiger partial charge in [0.25, 0.3) is 17.7 Å². The maximum absolute atomic E-state index is 16.3. The van der Waals surface area contributed by atoms with Gasteiger partial charge in [-0.25, -0.2) is 0 Å². The lowest BCUT2D eigenvalue weighted by molar-refractivity contribution is -0.124. The molecule has 0 saturated heterocycles. The second kappa shape index (κ2) is 25.3. The molecule has 0 aliphatic carbocycles. The fourth-order valence-corrected chi connectivity index (χ4v) is 9.98. The zero-order valence-electron chi connectivity index (χ0n) is 47.7. The van der Waals surface area contributed by atoms with E-state index in [0.717, 1.165) is 30.1 Å². The fraction of sp³-hybridized carbons (Fsp3) is 0.273. The van der Waals surface area contributed by atoms with E-state index in [1.807, 2.05) is 119 Å². The number of aryl methyl sites for hydroxylation is 3. The predicted molar refractivity (Wildman–Crippen MR) is 335 cm³/mol. The molecule has 0 bridgehead atoms. The molecule has 0 aliphatic rings. The van der Waals surface area contributed by atoms with Crippen LogP contribution >= 0.6 is 47.8 Å². The van der Waals surface area contributed by atoms with Crippen LogP contribution in [-0.4, -0.2) is 52.1 Å². The fourth-order valence-electron chi connectivity index (χ4n) is 9.18. The highest BCUT2D eigenvalue weighted by atomic mass is 79.9. The molecule has 0 radical (unpaired) electrons. The predicted octanol–water partition coefficient (Wildman–Crippen LogP) is 14.8. The van der Waals surface area contributed by atoms with Crippen molar-refractivity contribution in [3.63, 3.8) is 0 Å². The largest absolute Gasteiger partial charge is 0.349 e. The van der Waals surface area contributed by atoms with Crippen molar-refractivity contribution in [2.24, 2.45) is 0 Å².